The van der Waals surface area contributed by atoms with Crippen molar-refractivity contribution in [3.63, 3.8) is 0 Å². The Morgan fingerprint density at radius 3 is 2.84 bits per heavy atom. The van der Waals surface area contributed by atoms with Gasteiger partial charge < -0.3 is 10.5 Å². The molecule has 1 fully saturated rings. The summed E-state index contributed by atoms with van der Waals surface area (Å²) in [5, 5.41) is 0.990. The first kappa shape index (κ1) is 12.2. The van der Waals surface area contributed by atoms with E-state index in [4.69, 9.17) is 10.5 Å². The van der Waals surface area contributed by atoms with Gasteiger partial charge in [0.2, 0.25) is 0 Å². The first-order valence-electron chi connectivity index (χ1n) is 6.83. The Kier molecular flexibility index (Phi) is 3.51. The third-order valence-corrected chi connectivity index (χ3v) is 3.61. The number of pyridine rings is 1. The van der Waals surface area contributed by atoms with Gasteiger partial charge in [0.1, 0.15) is 6.61 Å². The smallest absolute Gasteiger partial charge is 0.153 e. The van der Waals surface area contributed by atoms with E-state index in [0.29, 0.717) is 12.3 Å². The van der Waals surface area contributed by atoms with Gasteiger partial charge in [0, 0.05) is 11.9 Å². The zero-order valence-corrected chi connectivity index (χ0v) is 11.0. The average molecular weight is 257 g/mol. The minimum atomic E-state index is 0.611. The average Bonchev–Trinajstić information content (AvgIpc) is 2.94. The van der Waals surface area contributed by atoms with Gasteiger partial charge in [-0.1, -0.05) is 12.1 Å². The Morgan fingerprint density at radius 1 is 1.21 bits per heavy atom. The second kappa shape index (κ2) is 5.45. The fraction of sp³-hybridized carbons (Fsp3) is 0.400. The quantitative estimate of drug-likeness (QED) is 0.913. The maximum atomic E-state index is 5.98. The lowest BCUT2D eigenvalue weighted by molar-refractivity contribution is 0.240. The molecule has 3 rings (SSSR count). The molecule has 4 heteroatoms. The molecule has 1 aromatic heterocycles. The van der Waals surface area contributed by atoms with Crippen molar-refractivity contribution in [1.29, 1.82) is 0 Å². The van der Waals surface area contributed by atoms with Crippen LogP contribution in [0.4, 0.5) is 5.69 Å². The summed E-state index contributed by atoms with van der Waals surface area (Å²) >= 11 is 0. The highest BCUT2D eigenvalue weighted by atomic mass is 16.5. The van der Waals surface area contributed by atoms with Gasteiger partial charge in [-0.25, -0.2) is 0 Å². The van der Waals surface area contributed by atoms with E-state index in [1.54, 1.807) is 6.20 Å². The minimum absolute atomic E-state index is 0.611. The van der Waals surface area contributed by atoms with Gasteiger partial charge in [0.25, 0.3) is 0 Å². The molecule has 100 valence electrons. The topological polar surface area (TPSA) is 51.4 Å². The van der Waals surface area contributed by atoms with Crippen molar-refractivity contribution >= 4 is 16.6 Å². The van der Waals surface area contributed by atoms with Crippen LogP contribution in [0, 0.1) is 0 Å². The Hall–Kier alpha value is -1.81. The number of nitrogens with zero attached hydrogens (tertiary/aromatic N) is 2. The van der Waals surface area contributed by atoms with Gasteiger partial charge in [-0.05, 0) is 38.1 Å². The summed E-state index contributed by atoms with van der Waals surface area (Å²) in [5.41, 5.74) is 7.51. The Morgan fingerprint density at radius 2 is 2.00 bits per heavy atom. The molecule has 0 unspecified atom stereocenters. The maximum absolute atomic E-state index is 5.98. The summed E-state index contributed by atoms with van der Waals surface area (Å²) < 4.78 is 5.91. The lowest BCUT2D eigenvalue weighted by atomic mass is 10.2. The molecule has 0 saturated carbocycles. The van der Waals surface area contributed by atoms with E-state index in [0.717, 1.165) is 23.2 Å². The Bertz CT molecular complexity index is 564. The minimum Gasteiger partial charge on any atom is -0.489 e. The lowest BCUT2D eigenvalue weighted by Gasteiger charge is -2.16. The van der Waals surface area contributed by atoms with Gasteiger partial charge in [0.15, 0.2) is 5.75 Å². The van der Waals surface area contributed by atoms with E-state index in [1.807, 2.05) is 24.3 Å². The molecule has 0 aliphatic carbocycles. The summed E-state index contributed by atoms with van der Waals surface area (Å²) in [6, 6.07) is 7.93. The molecule has 2 heterocycles. The monoisotopic (exact) mass is 257 g/mol. The molecule has 0 spiro atoms. The molecule has 2 aromatic rings. The molecule has 4 nitrogen and oxygen atoms in total. The molecule has 0 radical (unpaired) electrons. The third kappa shape index (κ3) is 2.63. The molecular weight excluding hydrogens is 238 g/mol. The number of nitrogen functional groups attached to an aromatic ring is 1. The van der Waals surface area contributed by atoms with Crippen LogP contribution >= 0.6 is 0 Å². The van der Waals surface area contributed by atoms with E-state index >= 15 is 0 Å². The number of rotatable bonds is 4. The van der Waals surface area contributed by atoms with Crippen LogP contribution in [0.3, 0.4) is 0 Å². The fourth-order valence-corrected chi connectivity index (χ4v) is 2.58. The van der Waals surface area contributed by atoms with Crippen LogP contribution in [0.2, 0.25) is 0 Å². The fourth-order valence-electron chi connectivity index (χ4n) is 2.58. The van der Waals surface area contributed by atoms with Crippen molar-refractivity contribution < 1.29 is 4.74 Å². The summed E-state index contributed by atoms with van der Waals surface area (Å²) in [5.74, 6) is 0.768. The van der Waals surface area contributed by atoms with Crippen LogP contribution in [0.15, 0.2) is 30.5 Å². The van der Waals surface area contributed by atoms with Crippen molar-refractivity contribution in [2.75, 3.05) is 32.0 Å². The van der Waals surface area contributed by atoms with Gasteiger partial charge in [0.05, 0.1) is 17.4 Å². The second-order valence-electron chi connectivity index (χ2n) is 4.96. The number of ether oxygens (including phenoxy) is 1. The van der Waals surface area contributed by atoms with Gasteiger partial charge in [-0.15, -0.1) is 0 Å². The summed E-state index contributed by atoms with van der Waals surface area (Å²) in [6.45, 7) is 4.03. The molecule has 1 saturated heterocycles. The first-order valence-corrected chi connectivity index (χ1v) is 6.83. The predicted molar refractivity (Wildman–Crippen MR) is 77.3 cm³/mol. The van der Waals surface area contributed by atoms with E-state index in [1.165, 1.54) is 25.9 Å². The highest BCUT2D eigenvalue weighted by Gasteiger charge is 2.12. The summed E-state index contributed by atoms with van der Waals surface area (Å²) in [4.78, 5) is 6.74. The molecular formula is C15H19N3O. The van der Waals surface area contributed by atoms with Crippen LogP contribution in [-0.2, 0) is 0 Å². The number of anilines is 1. The highest BCUT2D eigenvalue weighted by molar-refractivity contribution is 5.89. The number of hydrogen-bond donors (Lipinski definition) is 1. The number of para-hydroxylation sites is 1. The predicted octanol–water partition coefficient (Wildman–Crippen LogP) is 2.29. The van der Waals surface area contributed by atoms with Gasteiger partial charge in [-0.3, -0.25) is 9.88 Å². The van der Waals surface area contributed by atoms with E-state index < -0.39 is 0 Å². The molecule has 0 amide bonds. The van der Waals surface area contributed by atoms with Crippen LogP contribution in [0.5, 0.6) is 5.75 Å². The standard InChI is InChI=1S/C15H19N3O/c16-13-11-17-14-6-2-1-5-12(14)15(13)19-10-9-18-7-3-4-8-18/h1-2,5-6,11H,3-4,7-10,16H2. The van der Waals surface area contributed by atoms with Gasteiger partial charge >= 0.3 is 0 Å². The molecule has 19 heavy (non-hydrogen) atoms. The molecule has 1 aliphatic heterocycles. The number of benzene rings is 1. The molecule has 0 bridgehead atoms. The van der Waals surface area contributed by atoms with Crippen LogP contribution in [0.1, 0.15) is 12.8 Å². The van der Waals surface area contributed by atoms with Crippen molar-refractivity contribution in [3.05, 3.63) is 30.5 Å². The lowest BCUT2D eigenvalue weighted by Crippen LogP contribution is -2.25. The zero-order chi connectivity index (χ0) is 13.1. The molecule has 1 aromatic carbocycles. The Labute approximate surface area is 113 Å². The number of fused-ring (bicyclic) bond motifs is 1. The largest absolute Gasteiger partial charge is 0.489 e. The number of hydrogen-bond acceptors (Lipinski definition) is 4. The number of nitrogens with two attached hydrogens (primary N) is 1. The maximum Gasteiger partial charge on any atom is 0.153 e. The van der Waals surface area contributed by atoms with E-state index in [2.05, 4.69) is 9.88 Å². The molecule has 2 N–H and O–H groups in total. The molecule has 1 aliphatic rings. The molecule has 0 atom stereocenters. The van der Waals surface area contributed by atoms with Crippen LogP contribution in [-0.4, -0.2) is 36.1 Å². The summed E-state index contributed by atoms with van der Waals surface area (Å²) in [7, 11) is 0. The first-order chi connectivity index (χ1) is 9.34. The second-order valence-corrected chi connectivity index (χ2v) is 4.96. The van der Waals surface area contributed by atoms with Crippen molar-refractivity contribution in [1.82, 2.24) is 9.88 Å². The van der Waals surface area contributed by atoms with Gasteiger partial charge in [-0.2, -0.15) is 0 Å². The number of aromatic nitrogens is 1. The third-order valence-electron chi connectivity index (χ3n) is 3.61. The highest BCUT2D eigenvalue weighted by Crippen LogP contribution is 2.29. The van der Waals surface area contributed by atoms with Crippen molar-refractivity contribution in [3.8, 4) is 5.75 Å². The number of likely N-dealkylation sites (tertiary alicyclic amines) is 1. The summed E-state index contributed by atoms with van der Waals surface area (Å²) in [6.07, 6.45) is 4.29. The van der Waals surface area contributed by atoms with E-state index in [9.17, 15) is 0 Å². The van der Waals surface area contributed by atoms with Crippen molar-refractivity contribution in [2.24, 2.45) is 0 Å². The zero-order valence-electron chi connectivity index (χ0n) is 11.0. The Balaban J connectivity index is 1.74. The SMILES string of the molecule is Nc1cnc2ccccc2c1OCCN1CCCC1. The van der Waals surface area contributed by atoms with Crippen molar-refractivity contribution in [2.45, 2.75) is 12.8 Å². The van der Waals surface area contributed by atoms with Crippen LogP contribution in [0.25, 0.3) is 10.9 Å². The van der Waals surface area contributed by atoms with E-state index in [-0.39, 0.29) is 0 Å². The normalized spacial score (nSPS) is 16.0. The van der Waals surface area contributed by atoms with Crippen LogP contribution < -0.4 is 10.5 Å².